The Hall–Kier alpha value is -0.540. The Balaban J connectivity index is 2.08. The summed E-state index contributed by atoms with van der Waals surface area (Å²) in [5.41, 5.74) is 1.16. The van der Waals surface area contributed by atoms with E-state index in [9.17, 15) is 0 Å². The molecule has 2 nitrogen and oxygen atoms in total. The van der Waals surface area contributed by atoms with Crippen LogP contribution in [-0.4, -0.2) is 19.3 Å². The molecule has 2 rings (SSSR count). The molecular weight excluding hydrogens is 244 g/mol. The molecule has 1 fully saturated rings. The maximum atomic E-state index is 5.82. The van der Waals surface area contributed by atoms with Crippen molar-refractivity contribution in [3.05, 3.63) is 28.2 Å². The molecule has 0 spiro atoms. The molecule has 0 amide bonds. The van der Waals surface area contributed by atoms with Gasteiger partial charge in [-0.15, -0.1) is 0 Å². The van der Waals surface area contributed by atoms with Gasteiger partial charge in [-0.3, -0.25) is 0 Å². The van der Waals surface area contributed by atoms with Crippen LogP contribution in [0, 0.1) is 6.92 Å². The maximum Gasteiger partial charge on any atom is 0.124 e. The van der Waals surface area contributed by atoms with Gasteiger partial charge in [-0.25, -0.2) is 0 Å². The van der Waals surface area contributed by atoms with Gasteiger partial charge in [-0.2, -0.15) is 0 Å². The van der Waals surface area contributed by atoms with Crippen LogP contribution in [0.3, 0.4) is 0 Å². The van der Waals surface area contributed by atoms with Gasteiger partial charge in [-0.05, 0) is 30.7 Å². The van der Waals surface area contributed by atoms with Crippen LogP contribution in [0.4, 0.5) is 0 Å². The van der Waals surface area contributed by atoms with Crippen molar-refractivity contribution in [3.63, 3.8) is 0 Å². The molecule has 76 valence electrons. The van der Waals surface area contributed by atoms with Crippen LogP contribution in [0.15, 0.2) is 22.7 Å². The van der Waals surface area contributed by atoms with Crippen molar-refractivity contribution in [1.29, 1.82) is 0 Å². The molecule has 1 aromatic rings. The summed E-state index contributed by atoms with van der Waals surface area (Å²) in [6, 6.07) is 6.06. The quantitative estimate of drug-likeness (QED) is 0.811. The zero-order valence-electron chi connectivity index (χ0n) is 8.13. The average Bonchev–Trinajstić information content (AvgIpc) is 2.62. The van der Waals surface area contributed by atoms with Crippen LogP contribution >= 0.6 is 15.9 Å². The number of ether oxygens (including phenoxy) is 2. The SMILES string of the molecule is Cc1cc(Br)ccc1OC1CCOC1. The smallest absolute Gasteiger partial charge is 0.124 e. The number of hydrogen-bond acceptors (Lipinski definition) is 2. The molecule has 0 N–H and O–H groups in total. The van der Waals surface area contributed by atoms with Gasteiger partial charge in [0.15, 0.2) is 0 Å². The van der Waals surface area contributed by atoms with E-state index >= 15 is 0 Å². The van der Waals surface area contributed by atoms with Gasteiger partial charge in [0, 0.05) is 10.9 Å². The Kier molecular flexibility index (Phi) is 3.08. The van der Waals surface area contributed by atoms with Crippen LogP contribution in [0.1, 0.15) is 12.0 Å². The van der Waals surface area contributed by atoms with E-state index in [1.807, 2.05) is 12.1 Å². The minimum Gasteiger partial charge on any atom is -0.488 e. The van der Waals surface area contributed by atoms with Crippen molar-refractivity contribution >= 4 is 15.9 Å². The van der Waals surface area contributed by atoms with Gasteiger partial charge in [0.1, 0.15) is 11.9 Å². The molecule has 1 aliphatic heterocycles. The first-order chi connectivity index (χ1) is 6.75. The lowest BCUT2D eigenvalue weighted by molar-refractivity contribution is 0.141. The molecule has 0 saturated carbocycles. The topological polar surface area (TPSA) is 18.5 Å². The third kappa shape index (κ3) is 2.28. The monoisotopic (exact) mass is 256 g/mol. The summed E-state index contributed by atoms with van der Waals surface area (Å²) in [7, 11) is 0. The molecule has 1 saturated heterocycles. The standard InChI is InChI=1S/C11H13BrO2/c1-8-6-9(12)2-3-11(8)14-10-4-5-13-7-10/h2-3,6,10H,4-5,7H2,1H3. The van der Waals surface area contributed by atoms with Crippen molar-refractivity contribution in [3.8, 4) is 5.75 Å². The highest BCUT2D eigenvalue weighted by atomic mass is 79.9. The Morgan fingerprint density at radius 2 is 2.36 bits per heavy atom. The summed E-state index contributed by atoms with van der Waals surface area (Å²) in [4.78, 5) is 0. The van der Waals surface area contributed by atoms with Crippen LogP contribution in [0.5, 0.6) is 5.75 Å². The highest BCUT2D eigenvalue weighted by Crippen LogP contribution is 2.24. The number of benzene rings is 1. The normalized spacial score (nSPS) is 21.1. The lowest BCUT2D eigenvalue weighted by Crippen LogP contribution is -2.16. The lowest BCUT2D eigenvalue weighted by Gasteiger charge is -2.13. The molecule has 3 heteroatoms. The van der Waals surface area contributed by atoms with Crippen molar-refractivity contribution in [2.45, 2.75) is 19.4 Å². The molecule has 1 atom stereocenters. The molecule has 1 heterocycles. The largest absolute Gasteiger partial charge is 0.488 e. The van der Waals surface area contributed by atoms with Gasteiger partial charge in [0.25, 0.3) is 0 Å². The zero-order chi connectivity index (χ0) is 9.97. The van der Waals surface area contributed by atoms with Crippen molar-refractivity contribution in [2.75, 3.05) is 13.2 Å². The van der Waals surface area contributed by atoms with E-state index < -0.39 is 0 Å². The molecule has 1 aromatic carbocycles. The molecule has 14 heavy (non-hydrogen) atoms. The summed E-state index contributed by atoms with van der Waals surface area (Å²) in [6.07, 6.45) is 1.23. The molecule has 0 aromatic heterocycles. The van der Waals surface area contributed by atoms with Crippen molar-refractivity contribution in [2.24, 2.45) is 0 Å². The Morgan fingerprint density at radius 3 is 3.00 bits per heavy atom. The number of rotatable bonds is 2. The van der Waals surface area contributed by atoms with Gasteiger partial charge in [0.2, 0.25) is 0 Å². The summed E-state index contributed by atoms with van der Waals surface area (Å²) in [6.45, 7) is 3.59. The number of hydrogen-bond donors (Lipinski definition) is 0. The van der Waals surface area contributed by atoms with Crippen molar-refractivity contribution < 1.29 is 9.47 Å². The van der Waals surface area contributed by atoms with E-state index in [4.69, 9.17) is 9.47 Å². The van der Waals surface area contributed by atoms with Crippen LogP contribution < -0.4 is 4.74 Å². The molecule has 0 radical (unpaired) electrons. The minimum atomic E-state index is 0.231. The fourth-order valence-corrected chi connectivity index (χ4v) is 2.01. The number of aryl methyl sites for hydroxylation is 1. The molecule has 1 unspecified atom stereocenters. The second-order valence-electron chi connectivity index (χ2n) is 3.51. The minimum absolute atomic E-state index is 0.231. The fraction of sp³-hybridized carbons (Fsp3) is 0.455. The van der Waals surface area contributed by atoms with Crippen LogP contribution in [-0.2, 0) is 4.74 Å². The fourth-order valence-electron chi connectivity index (χ4n) is 1.53. The van der Waals surface area contributed by atoms with Gasteiger partial charge >= 0.3 is 0 Å². The third-order valence-electron chi connectivity index (χ3n) is 2.32. The Bertz CT molecular complexity index is 319. The zero-order valence-corrected chi connectivity index (χ0v) is 9.71. The second-order valence-corrected chi connectivity index (χ2v) is 4.43. The van der Waals surface area contributed by atoms with Gasteiger partial charge < -0.3 is 9.47 Å². The Labute approximate surface area is 92.3 Å². The van der Waals surface area contributed by atoms with Crippen molar-refractivity contribution in [1.82, 2.24) is 0 Å². The first-order valence-corrected chi connectivity index (χ1v) is 5.55. The van der Waals surface area contributed by atoms with E-state index in [0.717, 1.165) is 35.4 Å². The van der Waals surface area contributed by atoms with E-state index in [1.165, 1.54) is 0 Å². The molecule has 1 aliphatic rings. The predicted octanol–water partition coefficient (Wildman–Crippen LogP) is 2.93. The lowest BCUT2D eigenvalue weighted by atomic mass is 10.2. The third-order valence-corrected chi connectivity index (χ3v) is 2.81. The highest BCUT2D eigenvalue weighted by molar-refractivity contribution is 9.10. The van der Waals surface area contributed by atoms with Crippen LogP contribution in [0.25, 0.3) is 0 Å². The summed E-state index contributed by atoms with van der Waals surface area (Å²) in [5, 5.41) is 0. The van der Waals surface area contributed by atoms with E-state index in [2.05, 4.69) is 28.9 Å². The summed E-state index contributed by atoms with van der Waals surface area (Å²) < 4.78 is 12.2. The summed E-state index contributed by atoms with van der Waals surface area (Å²) >= 11 is 3.43. The average molecular weight is 257 g/mol. The molecular formula is C11H13BrO2. The van der Waals surface area contributed by atoms with E-state index in [0.29, 0.717) is 0 Å². The highest BCUT2D eigenvalue weighted by Gasteiger charge is 2.17. The summed E-state index contributed by atoms with van der Waals surface area (Å²) in [5.74, 6) is 0.962. The van der Waals surface area contributed by atoms with E-state index in [-0.39, 0.29) is 6.10 Å². The van der Waals surface area contributed by atoms with E-state index in [1.54, 1.807) is 0 Å². The van der Waals surface area contributed by atoms with Crippen LogP contribution in [0.2, 0.25) is 0 Å². The first kappa shape index (κ1) is 9.99. The van der Waals surface area contributed by atoms with Gasteiger partial charge in [-0.1, -0.05) is 15.9 Å². The second kappa shape index (κ2) is 4.32. The first-order valence-electron chi connectivity index (χ1n) is 4.76. The molecule has 0 aliphatic carbocycles. The number of halogens is 1. The molecule has 0 bridgehead atoms. The van der Waals surface area contributed by atoms with Gasteiger partial charge in [0.05, 0.1) is 13.2 Å². The predicted molar refractivity (Wildman–Crippen MR) is 58.7 cm³/mol. The Morgan fingerprint density at radius 1 is 1.50 bits per heavy atom. The maximum absolute atomic E-state index is 5.82.